The van der Waals surface area contributed by atoms with Gasteiger partial charge in [0.1, 0.15) is 0 Å². The molecule has 0 heterocycles. The summed E-state index contributed by atoms with van der Waals surface area (Å²) in [7, 11) is 0. The Kier molecular flexibility index (Phi) is 3.64. The van der Waals surface area contributed by atoms with Crippen LogP contribution in [0.4, 0.5) is 0 Å². The SMILES string of the molecule is CC(/C=C\C#N)=C/NCC1C2CC3CC(C2)CC1C3. The van der Waals surface area contributed by atoms with Gasteiger partial charge in [-0.1, -0.05) is 0 Å². The molecule has 0 aliphatic heterocycles. The second-order valence-corrected chi connectivity index (χ2v) is 6.85. The van der Waals surface area contributed by atoms with Gasteiger partial charge < -0.3 is 5.32 Å². The van der Waals surface area contributed by atoms with Crippen LogP contribution < -0.4 is 5.32 Å². The molecule has 0 spiro atoms. The van der Waals surface area contributed by atoms with E-state index in [1.165, 1.54) is 38.2 Å². The average molecular weight is 256 g/mol. The van der Waals surface area contributed by atoms with Crippen molar-refractivity contribution in [3.8, 4) is 6.07 Å². The molecule has 0 atom stereocenters. The Bertz CT molecular complexity index is 399. The normalized spacial score (nSPS) is 40.6. The predicted octanol–water partition coefficient (Wildman–Crippen LogP) is 3.63. The summed E-state index contributed by atoms with van der Waals surface area (Å²) < 4.78 is 0. The van der Waals surface area contributed by atoms with E-state index >= 15 is 0 Å². The monoisotopic (exact) mass is 256 g/mol. The summed E-state index contributed by atoms with van der Waals surface area (Å²) >= 11 is 0. The van der Waals surface area contributed by atoms with Gasteiger partial charge in [0.05, 0.1) is 6.07 Å². The fourth-order valence-corrected chi connectivity index (χ4v) is 4.94. The summed E-state index contributed by atoms with van der Waals surface area (Å²) in [5.41, 5.74) is 1.13. The first-order chi connectivity index (χ1) is 9.26. The molecule has 2 heteroatoms. The summed E-state index contributed by atoms with van der Waals surface area (Å²) in [5.74, 6) is 5.01. The molecule has 4 aliphatic rings. The Morgan fingerprint density at radius 3 is 2.37 bits per heavy atom. The van der Waals surface area contributed by atoms with Crippen LogP contribution in [0.3, 0.4) is 0 Å². The first kappa shape index (κ1) is 12.8. The van der Waals surface area contributed by atoms with Crippen LogP contribution in [0, 0.1) is 40.9 Å². The lowest BCUT2D eigenvalue weighted by atomic mass is 9.52. The highest BCUT2D eigenvalue weighted by Crippen LogP contribution is 2.56. The van der Waals surface area contributed by atoms with Gasteiger partial charge in [0.15, 0.2) is 0 Å². The zero-order valence-electron chi connectivity index (χ0n) is 11.8. The van der Waals surface area contributed by atoms with Crippen LogP contribution in [-0.2, 0) is 0 Å². The Hall–Kier alpha value is -1.23. The van der Waals surface area contributed by atoms with E-state index in [0.717, 1.165) is 41.7 Å². The zero-order chi connectivity index (χ0) is 13.2. The van der Waals surface area contributed by atoms with Gasteiger partial charge in [0.2, 0.25) is 0 Å². The Balaban J connectivity index is 1.54. The van der Waals surface area contributed by atoms with E-state index < -0.39 is 0 Å². The number of nitrogens with one attached hydrogen (secondary N) is 1. The van der Waals surface area contributed by atoms with Gasteiger partial charge >= 0.3 is 0 Å². The van der Waals surface area contributed by atoms with Crippen molar-refractivity contribution in [3.63, 3.8) is 0 Å². The maximum Gasteiger partial charge on any atom is 0.0912 e. The second kappa shape index (κ2) is 5.41. The van der Waals surface area contributed by atoms with Gasteiger partial charge in [-0.25, -0.2) is 0 Å². The third kappa shape index (κ3) is 2.71. The van der Waals surface area contributed by atoms with Crippen molar-refractivity contribution in [1.29, 1.82) is 5.26 Å². The Labute approximate surface area is 116 Å². The van der Waals surface area contributed by atoms with Crippen LogP contribution in [0.5, 0.6) is 0 Å². The van der Waals surface area contributed by atoms with Gasteiger partial charge in [-0.3, -0.25) is 0 Å². The van der Waals surface area contributed by atoms with Crippen LogP contribution in [0.1, 0.15) is 39.0 Å². The summed E-state index contributed by atoms with van der Waals surface area (Å²) in [6.45, 7) is 3.17. The molecule has 4 bridgehead atoms. The van der Waals surface area contributed by atoms with Gasteiger partial charge in [-0.2, -0.15) is 5.26 Å². The van der Waals surface area contributed by atoms with Crippen molar-refractivity contribution in [2.45, 2.75) is 39.0 Å². The second-order valence-electron chi connectivity index (χ2n) is 6.85. The van der Waals surface area contributed by atoms with E-state index in [4.69, 9.17) is 5.26 Å². The number of nitriles is 1. The molecule has 0 aromatic rings. The molecule has 4 rings (SSSR count). The van der Waals surface area contributed by atoms with Gasteiger partial charge in [0, 0.05) is 12.6 Å². The summed E-state index contributed by atoms with van der Waals surface area (Å²) in [6, 6.07) is 2.03. The molecular weight excluding hydrogens is 232 g/mol. The van der Waals surface area contributed by atoms with Gasteiger partial charge in [-0.15, -0.1) is 0 Å². The summed E-state index contributed by atoms with van der Waals surface area (Å²) in [6.07, 6.45) is 13.0. The lowest BCUT2D eigenvalue weighted by Gasteiger charge is -2.54. The van der Waals surface area contributed by atoms with Crippen LogP contribution in [-0.4, -0.2) is 6.54 Å². The Morgan fingerprint density at radius 1 is 1.16 bits per heavy atom. The van der Waals surface area contributed by atoms with E-state index in [-0.39, 0.29) is 0 Å². The molecule has 4 aliphatic carbocycles. The van der Waals surface area contributed by atoms with Crippen molar-refractivity contribution in [1.82, 2.24) is 5.32 Å². The standard InChI is InChI=1S/C17H24N2/c1-12(3-2-4-18)10-19-11-17-15-6-13-5-14(8-15)9-16(17)7-13/h2-3,10,13-17,19H,5-9,11H2,1H3/b3-2-,12-10-. The van der Waals surface area contributed by atoms with E-state index in [0.29, 0.717) is 0 Å². The van der Waals surface area contributed by atoms with E-state index in [1.54, 1.807) is 0 Å². The van der Waals surface area contributed by atoms with Crippen LogP contribution in [0.2, 0.25) is 0 Å². The molecule has 0 aromatic carbocycles. The topological polar surface area (TPSA) is 35.8 Å². The fraction of sp³-hybridized carbons (Fsp3) is 0.706. The van der Waals surface area contributed by atoms with E-state index in [1.807, 2.05) is 19.1 Å². The van der Waals surface area contributed by atoms with Gasteiger partial charge in [0.25, 0.3) is 0 Å². The molecule has 2 nitrogen and oxygen atoms in total. The number of hydrogen-bond donors (Lipinski definition) is 1. The molecule has 0 radical (unpaired) electrons. The van der Waals surface area contributed by atoms with Gasteiger partial charge in [-0.05, 0) is 86.5 Å². The lowest BCUT2D eigenvalue weighted by molar-refractivity contribution is -0.0343. The number of hydrogen-bond acceptors (Lipinski definition) is 2. The highest BCUT2D eigenvalue weighted by molar-refractivity contribution is 5.20. The summed E-state index contributed by atoms with van der Waals surface area (Å²) in [5, 5.41) is 12.0. The molecule has 0 unspecified atom stereocenters. The van der Waals surface area contributed by atoms with E-state index in [2.05, 4.69) is 11.5 Å². The van der Waals surface area contributed by atoms with Crippen molar-refractivity contribution in [2.24, 2.45) is 29.6 Å². The maximum absolute atomic E-state index is 8.50. The molecule has 0 amide bonds. The molecule has 1 N–H and O–H groups in total. The van der Waals surface area contributed by atoms with E-state index in [9.17, 15) is 0 Å². The van der Waals surface area contributed by atoms with Crippen LogP contribution in [0.25, 0.3) is 0 Å². The minimum Gasteiger partial charge on any atom is -0.390 e. The number of allylic oxidation sites excluding steroid dienone is 3. The van der Waals surface area contributed by atoms with Crippen molar-refractivity contribution in [2.75, 3.05) is 6.54 Å². The highest BCUT2D eigenvalue weighted by atomic mass is 14.8. The molecule has 4 saturated carbocycles. The minimum atomic E-state index is 0.900. The molecule has 19 heavy (non-hydrogen) atoms. The van der Waals surface area contributed by atoms with Crippen molar-refractivity contribution in [3.05, 3.63) is 23.9 Å². The fourth-order valence-electron chi connectivity index (χ4n) is 4.94. The molecular formula is C17H24N2. The number of nitrogens with zero attached hydrogens (tertiary/aromatic N) is 1. The van der Waals surface area contributed by atoms with Crippen molar-refractivity contribution < 1.29 is 0 Å². The quantitative estimate of drug-likeness (QED) is 0.616. The zero-order valence-corrected chi connectivity index (χ0v) is 11.8. The smallest absolute Gasteiger partial charge is 0.0912 e. The third-order valence-electron chi connectivity index (χ3n) is 5.53. The molecule has 4 fully saturated rings. The average Bonchev–Trinajstić information content (AvgIpc) is 2.38. The lowest BCUT2D eigenvalue weighted by Crippen LogP contribution is -2.47. The van der Waals surface area contributed by atoms with Crippen molar-refractivity contribution >= 4 is 0 Å². The minimum absolute atomic E-state index is 0.900. The largest absolute Gasteiger partial charge is 0.390 e. The first-order valence-corrected chi connectivity index (χ1v) is 7.72. The Morgan fingerprint density at radius 2 is 1.79 bits per heavy atom. The maximum atomic E-state index is 8.50. The molecule has 102 valence electrons. The predicted molar refractivity (Wildman–Crippen MR) is 77.0 cm³/mol. The van der Waals surface area contributed by atoms with Crippen LogP contribution in [0.15, 0.2) is 23.9 Å². The highest BCUT2D eigenvalue weighted by Gasteiger charge is 2.47. The number of rotatable bonds is 4. The van der Waals surface area contributed by atoms with Crippen LogP contribution >= 0.6 is 0 Å². The molecule has 0 aromatic heterocycles. The molecule has 0 saturated heterocycles. The first-order valence-electron chi connectivity index (χ1n) is 7.72. The summed E-state index contributed by atoms with van der Waals surface area (Å²) in [4.78, 5) is 0. The third-order valence-corrected chi connectivity index (χ3v) is 5.53.